The van der Waals surface area contributed by atoms with Gasteiger partial charge in [0.2, 0.25) is 0 Å². The van der Waals surface area contributed by atoms with Gasteiger partial charge in [0.15, 0.2) is 5.65 Å². The molecule has 3 N–H and O–H groups in total. The molecule has 0 spiro atoms. The van der Waals surface area contributed by atoms with Crippen molar-refractivity contribution in [2.75, 3.05) is 6.54 Å². The average Bonchev–Trinajstić information content (AvgIpc) is 2.69. The molecule has 6 nitrogen and oxygen atoms in total. The molecular formula is C20H21N3O3. The van der Waals surface area contributed by atoms with Crippen LogP contribution in [0, 0.1) is 0 Å². The SMILES string of the molecule is O=c1c(C(O)C2CCCCN2)c(O)c2cccnc2n1-c1ccccc1. The van der Waals surface area contributed by atoms with Crippen molar-refractivity contribution in [1.82, 2.24) is 14.9 Å². The number of aliphatic hydroxyl groups is 1. The number of piperidine rings is 1. The molecule has 26 heavy (non-hydrogen) atoms. The lowest BCUT2D eigenvalue weighted by Crippen LogP contribution is -2.41. The fourth-order valence-electron chi connectivity index (χ4n) is 3.66. The van der Waals surface area contributed by atoms with Crippen LogP contribution in [0.2, 0.25) is 0 Å². The van der Waals surface area contributed by atoms with E-state index in [2.05, 4.69) is 10.3 Å². The topological polar surface area (TPSA) is 87.4 Å². The van der Waals surface area contributed by atoms with Crippen LogP contribution >= 0.6 is 0 Å². The minimum absolute atomic E-state index is 0.0220. The van der Waals surface area contributed by atoms with E-state index in [1.807, 2.05) is 30.3 Å². The number of hydrogen-bond acceptors (Lipinski definition) is 5. The van der Waals surface area contributed by atoms with E-state index in [0.29, 0.717) is 16.7 Å². The first-order valence-corrected chi connectivity index (χ1v) is 8.88. The molecule has 6 heteroatoms. The molecular weight excluding hydrogens is 330 g/mol. The fourth-order valence-corrected chi connectivity index (χ4v) is 3.66. The molecule has 1 aliphatic rings. The van der Waals surface area contributed by atoms with E-state index in [9.17, 15) is 15.0 Å². The first kappa shape index (κ1) is 16.8. The summed E-state index contributed by atoms with van der Waals surface area (Å²) in [5.41, 5.74) is 0.591. The lowest BCUT2D eigenvalue weighted by Gasteiger charge is -2.28. The van der Waals surface area contributed by atoms with Crippen molar-refractivity contribution < 1.29 is 10.2 Å². The van der Waals surface area contributed by atoms with Crippen LogP contribution in [-0.2, 0) is 0 Å². The summed E-state index contributed by atoms with van der Waals surface area (Å²) in [5, 5.41) is 25.3. The molecule has 4 rings (SSSR count). The predicted octanol–water partition coefficient (Wildman–Crippen LogP) is 2.27. The highest BCUT2D eigenvalue weighted by Crippen LogP contribution is 2.33. The summed E-state index contributed by atoms with van der Waals surface area (Å²) in [6, 6.07) is 12.3. The maximum atomic E-state index is 13.3. The minimum Gasteiger partial charge on any atom is -0.507 e. The molecule has 2 unspecified atom stereocenters. The van der Waals surface area contributed by atoms with Gasteiger partial charge in [0.1, 0.15) is 11.9 Å². The fraction of sp³-hybridized carbons (Fsp3) is 0.300. The molecule has 1 fully saturated rings. The number of para-hydroxylation sites is 1. The monoisotopic (exact) mass is 351 g/mol. The number of benzene rings is 1. The summed E-state index contributed by atoms with van der Waals surface area (Å²) in [5.74, 6) is -0.190. The van der Waals surface area contributed by atoms with Crippen molar-refractivity contribution in [3.63, 3.8) is 0 Å². The van der Waals surface area contributed by atoms with E-state index in [-0.39, 0.29) is 17.4 Å². The maximum absolute atomic E-state index is 13.3. The Morgan fingerprint density at radius 2 is 1.96 bits per heavy atom. The summed E-state index contributed by atoms with van der Waals surface area (Å²) >= 11 is 0. The summed E-state index contributed by atoms with van der Waals surface area (Å²) in [6.07, 6.45) is 3.29. The highest BCUT2D eigenvalue weighted by atomic mass is 16.3. The van der Waals surface area contributed by atoms with Gasteiger partial charge < -0.3 is 15.5 Å². The van der Waals surface area contributed by atoms with E-state index in [4.69, 9.17) is 0 Å². The molecule has 3 heterocycles. The number of pyridine rings is 2. The van der Waals surface area contributed by atoms with Crippen molar-refractivity contribution >= 4 is 11.0 Å². The van der Waals surface area contributed by atoms with Crippen molar-refractivity contribution in [3.05, 3.63) is 64.6 Å². The molecule has 1 saturated heterocycles. The second-order valence-electron chi connectivity index (χ2n) is 6.61. The summed E-state index contributed by atoms with van der Waals surface area (Å²) in [7, 11) is 0. The lowest BCUT2D eigenvalue weighted by atomic mass is 9.94. The van der Waals surface area contributed by atoms with Gasteiger partial charge in [0.25, 0.3) is 5.56 Å². The van der Waals surface area contributed by atoms with Crippen LogP contribution in [0.4, 0.5) is 0 Å². The normalized spacial score (nSPS) is 18.7. The summed E-state index contributed by atoms with van der Waals surface area (Å²) in [6.45, 7) is 0.796. The predicted molar refractivity (Wildman–Crippen MR) is 99.6 cm³/mol. The number of nitrogens with one attached hydrogen (secondary N) is 1. The maximum Gasteiger partial charge on any atom is 0.266 e. The van der Waals surface area contributed by atoms with E-state index in [0.717, 1.165) is 25.8 Å². The minimum atomic E-state index is -1.08. The second kappa shape index (κ2) is 6.90. The number of aliphatic hydroxyl groups excluding tert-OH is 1. The summed E-state index contributed by atoms with van der Waals surface area (Å²) in [4.78, 5) is 17.6. The number of aromatic hydroxyl groups is 1. The van der Waals surface area contributed by atoms with Crippen LogP contribution in [0.15, 0.2) is 53.5 Å². The van der Waals surface area contributed by atoms with Gasteiger partial charge in [-0.15, -0.1) is 0 Å². The van der Waals surface area contributed by atoms with Crippen molar-refractivity contribution in [2.45, 2.75) is 31.4 Å². The number of rotatable bonds is 3. The number of fused-ring (bicyclic) bond motifs is 1. The van der Waals surface area contributed by atoms with Gasteiger partial charge in [-0.1, -0.05) is 24.6 Å². The Bertz CT molecular complexity index is 979. The van der Waals surface area contributed by atoms with Crippen LogP contribution in [0.5, 0.6) is 5.75 Å². The lowest BCUT2D eigenvalue weighted by molar-refractivity contribution is 0.110. The molecule has 1 aromatic carbocycles. The highest BCUT2D eigenvalue weighted by molar-refractivity contribution is 5.84. The van der Waals surface area contributed by atoms with E-state index in [1.54, 1.807) is 18.3 Å². The van der Waals surface area contributed by atoms with E-state index >= 15 is 0 Å². The number of hydrogen-bond donors (Lipinski definition) is 3. The first-order chi connectivity index (χ1) is 12.7. The van der Waals surface area contributed by atoms with Crippen LogP contribution in [0.25, 0.3) is 16.7 Å². The van der Waals surface area contributed by atoms with Crippen molar-refractivity contribution in [3.8, 4) is 11.4 Å². The van der Waals surface area contributed by atoms with Gasteiger partial charge in [0, 0.05) is 12.2 Å². The van der Waals surface area contributed by atoms with Crippen LogP contribution in [-0.4, -0.2) is 32.4 Å². The van der Waals surface area contributed by atoms with Gasteiger partial charge in [-0.25, -0.2) is 4.98 Å². The van der Waals surface area contributed by atoms with Gasteiger partial charge in [-0.3, -0.25) is 9.36 Å². The average molecular weight is 351 g/mol. The largest absolute Gasteiger partial charge is 0.507 e. The summed E-state index contributed by atoms with van der Waals surface area (Å²) < 4.78 is 1.45. The van der Waals surface area contributed by atoms with Gasteiger partial charge in [-0.2, -0.15) is 0 Å². The van der Waals surface area contributed by atoms with Gasteiger partial charge >= 0.3 is 0 Å². The molecule has 3 aromatic rings. The number of aromatic nitrogens is 2. The highest BCUT2D eigenvalue weighted by Gasteiger charge is 2.30. The van der Waals surface area contributed by atoms with Crippen molar-refractivity contribution in [2.24, 2.45) is 0 Å². The Kier molecular flexibility index (Phi) is 4.44. The molecule has 0 bridgehead atoms. The first-order valence-electron chi connectivity index (χ1n) is 8.88. The molecule has 0 aliphatic carbocycles. The van der Waals surface area contributed by atoms with E-state index < -0.39 is 11.7 Å². The molecule has 0 radical (unpaired) electrons. The van der Waals surface area contributed by atoms with Gasteiger partial charge in [0.05, 0.1) is 16.6 Å². The Morgan fingerprint density at radius 1 is 1.15 bits per heavy atom. The second-order valence-corrected chi connectivity index (χ2v) is 6.61. The zero-order valence-electron chi connectivity index (χ0n) is 14.3. The molecule has 134 valence electrons. The zero-order valence-corrected chi connectivity index (χ0v) is 14.3. The molecule has 0 saturated carbocycles. The third-order valence-corrected chi connectivity index (χ3v) is 4.98. The number of nitrogens with zero attached hydrogens (tertiary/aromatic N) is 2. The Balaban J connectivity index is 1.98. The Morgan fingerprint density at radius 3 is 2.69 bits per heavy atom. The quantitative estimate of drug-likeness (QED) is 0.674. The van der Waals surface area contributed by atoms with Crippen LogP contribution in [0.3, 0.4) is 0 Å². The molecule has 2 aromatic heterocycles. The molecule has 2 atom stereocenters. The smallest absolute Gasteiger partial charge is 0.266 e. The molecule has 1 aliphatic heterocycles. The van der Waals surface area contributed by atoms with Gasteiger partial charge in [-0.05, 0) is 43.7 Å². The third-order valence-electron chi connectivity index (χ3n) is 4.98. The standard InChI is InChI=1S/C20H21N3O3/c24-17-14-9-6-12-22-19(14)23(13-7-2-1-3-8-13)20(26)16(17)18(25)15-10-4-5-11-21-15/h1-3,6-9,12,15,18,21,24-25H,4-5,10-11H2. The zero-order chi connectivity index (χ0) is 18.1. The third kappa shape index (κ3) is 2.77. The van der Waals surface area contributed by atoms with E-state index in [1.165, 1.54) is 4.57 Å². The Labute approximate surface area is 150 Å². The molecule has 0 amide bonds. The van der Waals surface area contributed by atoms with Crippen LogP contribution in [0.1, 0.15) is 30.9 Å². The van der Waals surface area contributed by atoms with Crippen molar-refractivity contribution in [1.29, 1.82) is 0 Å². The van der Waals surface area contributed by atoms with Crippen LogP contribution < -0.4 is 10.9 Å². The Hall–Kier alpha value is -2.70.